The molecule has 48 heavy (non-hydrogen) atoms. The predicted molar refractivity (Wildman–Crippen MR) is 218 cm³/mol. The first kappa shape index (κ1) is 42.7. The average Bonchev–Trinajstić information content (AvgIpc) is 3.53. The predicted octanol–water partition coefficient (Wildman–Crippen LogP) is 13.7. The van der Waals surface area contributed by atoms with Crippen molar-refractivity contribution in [2.75, 3.05) is 4.90 Å². The van der Waals surface area contributed by atoms with Gasteiger partial charge in [0.25, 0.3) is 0 Å². The number of nitrogens with one attached hydrogen (secondary N) is 1. The van der Waals surface area contributed by atoms with Crippen LogP contribution in [0.25, 0.3) is 0 Å². The van der Waals surface area contributed by atoms with Gasteiger partial charge >= 0.3 is 0 Å². The minimum absolute atomic E-state index is 0.0684. The summed E-state index contributed by atoms with van der Waals surface area (Å²) in [6.45, 7) is 2.82. The van der Waals surface area contributed by atoms with Crippen molar-refractivity contribution >= 4 is 29.1 Å². The molecule has 1 atom stereocenters. The summed E-state index contributed by atoms with van der Waals surface area (Å²) in [5, 5.41) is 6.37. The highest BCUT2D eigenvalue weighted by Gasteiger charge is 2.28. The Kier molecular flexibility index (Phi) is 28.0. The molecular formula is C43H78N4S. The zero-order chi connectivity index (χ0) is 34.2. The van der Waals surface area contributed by atoms with E-state index >= 15 is 0 Å². The average molecular weight is 683 g/mol. The maximum atomic E-state index is 6.01. The van der Waals surface area contributed by atoms with E-state index < -0.39 is 0 Å². The van der Waals surface area contributed by atoms with Crippen LogP contribution < -0.4 is 16.1 Å². The summed E-state index contributed by atoms with van der Waals surface area (Å²) in [5.41, 5.74) is 11.5. The van der Waals surface area contributed by atoms with Crippen LogP contribution in [0.3, 0.4) is 0 Å². The summed E-state index contributed by atoms with van der Waals surface area (Å²) < 4.78 is 0. The monoisotopic (exact) mass is 683 g/mol. The molecule has 0 bridgehead atoms. The van der Waals surface area contributed by atoms with Crippen LogP contribution in [-0.2, 0) is 6.54 Å². The van der Waals surface area contributed by atoms with Crippen molar-refractivity contribution in [2.45, 2.75) is 225 Å². The van der Waals surface area contributed by atoms with Crippen LogP contribution in [0.5, 0.6) is 0 Å². The van der Waals surface area contributed by atoms with Gasteiger partial charge in [-0.25, -0.2) is 0 Å². The van der Waals surface area contributed by atoms with Crippen LogP contribution in [0.4, 0.5) is 5.69 Å². The van der Waals surface area contributed by atoms with Gasteiger partial charge in [0.2, 0.25) is 0 Å². The number of unbranched alkanes of at least 4 members (excludes halogenated alkanes) is 30. The van der Waals surface area contributed by atoms with Crippen molar-refractivity contribution in [3.8, 4) is 0 Å². The Morgan fingerprint density at radius 1 is 0.583 bits per heavy atom. The second kappa shape index (κ2) is 31.5. The number of benzene rings is 1. The van der Waals surface area contributed by atoms with E-state index in [0.29, 0.717) is 6.54 Å². The van der Waals surface area contributed by atoms with E-state index in [0.717, 1.165) is 23.5 Å². The number of nitrogens with zero attached hydrogens (tertiary/aromatic N) is 2. The maximum absolute atomic E-state index is 6.01. The fraction of sp³-hybridized carbons (Fsp3) is 0.814. The molecule has 4 nitrogen and oxygen atoms in total. The van der Waals surface area contributed by atoms with Gasteiger partial charge in [0.1, 0.15) is 12.0 Å². The molecule has 0 spiro atoms. The highest BCUT2D eigenvalue weighted by Crippen LogP contribution is 2.26. The standard InChI is InChI=1S/C43H78N4S/c1-2-3-4-5-6-7-8-9-10-11-12-13-14-15-16-17-18-19-20-21-22-23-24-25-26-27-28-29-30-31-32-37-42-45-46-43(39-48)47(42)41-36-34-33-35-40(41)38-44/h33-36,39,43,46H,2-32,37-38,44H2,1H3. The molecule has 0 amide bonds. The third-order valence-corrected chi connectivity index (χ3v) is 10.7. The largest absolute Gasteiger partial charge is 0.326 e. The third-order valence-electron chi connectivity index (χ3n) is 10.5. The van der Waals surface area contributed by atoms with Gasteiger partial charge in [-0.15, -0.1) is 0 Å². The van der Waals surface area contributed by atoms with Crippen LogP contribution in [0, 0.1) is 0 Å². The molecule has 0 aromatic heterocycles. The smallest absolute Gasteiger partial charge is 0.150 e. The topological polar surface area (TPSA) is 53.7 Å². The molecule has 0 radical (unpaired) electrons. The Morgan fingerprint density at radius 2 is 0.938 bits per heavy atom. The van der Waals surface area contributed by atoms with E-state index in [-0.39, 0.29) is 6.17 Å². The first-order chi connectivity index (χ1) is 23.8. The number of hydrogen-bond acceptors (Lipinski definition) is 5. The SMILES string of the molecule is CCCCCCCCCCCCCCCCCCCCCCCCCCCCCCCCCC1=NNC(C=S)N1c1ccccc1CN. The summed E-state index contributed by atoms with van der Waals surface area (Å²) in [7, 11) is 0. The van der Waals surface area contributed by atoms with Crippen LogP contribution in [0.1, 0.15) is 218 Å². The van der Waals surface area contributed by atoms with Gasteiger partial charge in [-0.05, 0) is 18.1 Å². The number of rotatable bonds is 35. The van der Waals surface area contributed by atoms with Gasteiger partial charge in [-0.1, -0.05) is 230 Å². The van der Waals surface area contributed by atoms with Crippen LogP contribution in [-0.4, -0.2) is 17.4 Å². The lowest BCUT2D eigenvalue weighted by Gasteiger charge is -2.26. The number of amidine groups is 1. The Hall–Kier alpha value is -1.46. The first-order valence-corrected chi connectivity index (χ1v) is 21.6. The first-order valence-electron chi connectivity index (χ1n) is 21.2. The minimum atomic E-state index is -0.0684. The fourth-order valence-corrected chi connectivity index (χ4v) is 7.55. The lowest BCUT2D eigenvalue weighted by molar-refractivity contribution is 0.512. The maximum Gasteiger partial charge on any atom is 0.150 e. The van der Waals surface area contributed by atoms with E-state index in [1.54, 1.807) is 5.37 Å². The highest BCUT2D eigenvalue weighted by atomic mass is 32.1. The Bertz CT molecular complexity index is 903. The molecule has 276 valence electrons. The van der Waals surface area contributed by atoms with Gasteiger partial charge in [0.15, 0.2) is 0 Å². The normalized spacial score (nSPS) is 14.4. The second-order valence-corrected chi connectivity index (χ2v) is 15.1. The molecule has 1 aliphatic heterocycles. The molecule has 1 heterocycles. The quantitative estimate of drug-likeness (QED) is 0.0553. The van der Waals surface area contributed by atoms with E-state index in [1.807, 2.05) is 6.07 Å². The summed E-state index contributed by atoms with van der Waals surface area (Å²) in [6.07, 6.45) is 45.4. The zero-order valence-electron chi connectivity index (χ0n) is 31.7. The third kappa shape index (κ3) is 20.9. The molecule has 0 aliphatic carbocycles. The molecule has 1 aromatic rings. The lowest BCUT2D eigenvalue weighted by atomic mass is 10.0. The van der Waals surface area contributed by atoms with Crippen molar-refractivity contribution < 1.29 is 0 Å². The van der Waals surface area contributed by atoms with Crippen molar-refractivity contribution in [2.24, 2.45) is 10.8 Å². The van der Waals surface area contributed by atoms with Gasteiger partial charge in [0.05, 0.1) is 0 Å². The molecule has 1 unspecified atom stereocenters. The van der Waals surface area contributed by atoms with Gasteiger partial charge in [-0.2, -0.15) is 5.10 Å². The molecule has 1 aromatic carbocycles. The number of nitrogens with two attached hydrogens (primary N) is 1. The fourth-order valence-electron chi connectivity index (χ4n) is 7.37. The zero-order valence-corrected chi connectivity index (χ0v) is 32.5. The molecule has 5 heteroatoms. The summed E-state index contributed by atoms with van der Waals surface area (Å²) in [5.74, 6) is 1.08. The molecule has 0 fully saturated rings. The van der Waals surface area contributed by atoms with Crippen molar-refractivity contribution in [3.05, 3.63) is 29.8 Å². The summed E-state index contributed by atoms with van der Waals surface area (Å²) >= 11 is 5.28. The van der Waals surface area contributed by atoms with Gasteiger partial charge in [-0.3, -0.25) is 5.43 Å². The van der Waals surface area contributed by atoms with Crippen molar-refractivity contribution in [1.82, 2.24) is 5.43 Å². The molecule has 3 N–H and O–H groups in total. The van der Waals surface area contributed by atoms with E-state index in [9.17, 15) is 0 Å². The van der Waals surface area contributed by atoms with E-state index in [1.165, 1.54) is 199 Å². The Balaban J connectivity index is 1.26. The number of hydrogen-bond donors (Lipinski definition) is 2. The second-order valence-electron chi connectivity index (χ2n) is 14.8. The number of para-hydroxylation sites is 1. The van der Waals surface area contributed by atoms with Crippen molar-refractivity contribution in [3.63, 3.8) is 0 Å². The minimum Gasteiger partial charge on any atom is -0.326 e. The molecular weight excluding hydrogens is 605 g/mol. The molecule has 0 saturated carbocycles. The number of anilines is 1. The van der Waals surface area contributed by atoms with Crippen LogP contribution in [0.2, 0.25) is 0 Å². The number of hydrazone groups is 1. The van der Waals surface area contributed by atoms with Crippen LogP contribution in [0.15, 0.2) is 29.4 Å². The molecule has 2 rings (SSSR count). The lowest BCUT2D eigenvalue weighted by Crippen LogP contribution is -2.41. The van der Waals surface area contributed by atoms with E-state index in [4.69, 9.17) is 18.0 Å². The van der Waals surface area contributed by atoms with Gasteiger partial charge < -0.3 is 10.6 Å². The highest BCUT2D eigenvalue weighted by molar-refractivity contribution is 7.79. The summed E-state index contributed by atoms with van der Waals surface area (Å²) in [6, 6.07) is 8.33. The van der Waals surface area contributed by atoms with E-state index in [2.05, 4.69) is 40.5 Å². The number of thiocarbonyl (C=S) groups is 1. The molecule has 1 aliphatic rings. The summed E-state index contributed by atoms with van der Waals surface area (Å²) in [4.78, 5) is 2.23. The van der Waals surface area contributed by atoms with Crippen molar-refractivity contribution in [1.29, 1.82) is 0 Å². The Labute approximate surface area is 304 Å². The van der Waals surface area contributed by atoms with Gasteiger partial charge in [0, 0.05) is 24.0 Å². The molecule has 0 saturated heterocycles. The van der Waals surface area contributed by atoms with Crippen LogP contribution >= 0.6 is 12.2 Å². The Morgan fingerprint density at radius 3 is 1.29 bits per heavy atom.